The lowest BCUT2D eigenvalue weighted by Gasteiger charge is -2.26. The molecule has 4 aromatic rings. The monoisotopic (exact) mass is 468 g/mol. The number of aromatic nitrogens is 4. The number of rotatable bonds is 3. The zero-order valence-electron chi connectivity index (χ0n) is 15.4. The van der Waals surface area contributed by atoms with Crippen LogP contribution >= 0.6 is 27.3 Å². The van der Waals surface area contributed by atoms with E-state index in [2.05, 4.69) is 30.8 Å². The molecule has 0 amide bonds. The number of morpholine rings is 1. The predicted molar refractivity (Wildman–Crippen MR) is 119 cm³/mol. The molecule has 5 rings (SSSR count). The first-order chi connectivity index (χ1) is 14.2. The highest BCUT2D eigenvalue weighted by Gasteiger charge is 2.18. The van der Waals surface area contributed by atoms with Crippen molar-refractivity contribution in [2.75, 3.05) is 36.9 Å². The van der Waals surface area contributed by atoms with Gasteiger partial charge in [-0.2, -0.15) is 0 Å². The van der Waals surface area contributed by atoms with Gasteiger partial charge in [0.15, 0.2) is 10.8 Å². The molecule has 0 spiro atoms. The van der Waals surface area contributed by atoms with E-state index < -0.39 is 0 Å². The summed E-state index contributed by atoms with van der Waals surface area (Å²) in [6.07, 6.45) is 1.44. The molecule has 1 aliphatic rings. The van der Waals surface area contributed by atoms with Crippen molar-refractivity contribution < 1.29 is 4.74 Å². The number of nitrogens with two attached hydrogens (primary N) is 1. The van der Waals surface area contributed by atoms with Crippen molar-refractivity contribution in [1.29, 1.82) is 0 Å². The summed E-state index contributed by atoms with van der Waals surface area (Å²) < 4.78 is 6.43. The summed E-state index contributed by atoms with van der Waals surface area (Å²) in [4.78, 5) is 20.3. The highest BCUT2D eigenvalue weighted by Crippen LogP contribution is 2.35. The van der Waals surface area contributed by atoms with E-state index in [1.54, 1.807) is 11.3 Å². The van der Waals surface area contributed by atoms with Gasteiger partial charge in [-0.3, -0.25) is 0 Å². The van der Waals surface area contributed by atoms with Gasteiger partial charge < -0.3 is 15.4 Å². The average molecular weight is 469 g/mol. The second-order valence-corrected chi connectivity index (χ2v) is 8.39. The number of benzene rings is 1. The zero-order chi connectivity index (χ0) is 19.8. The number of hydrogen-bond donors (Lipinski definition) is 1. The fraction of sp³-hybridized carbons (Fsp3) is 0.200. The Hall–Kier alpha value is -2.62. The van der Waals surface area contributed by atoms with Crippen LogP contribution in [0.2, 0.25) is 0 Å². The first-order valence-corrected chi connectivity index (χ1v) is 10.8. The Morgan fingerprint density at radius 1 is 1.07 bits per heavy atom. The lowest BCUT2D eigenvalue weighted by Crippen LogP contribution is -2.36. The van der Waals surface area contributed by atoms with E-state index in [0.717, 1.165) is 63.8 Å². The van der Waals surface area contributed by atoms with Gasteiger partial charge in [-0.05, 0) is 29.3 Å². The van der Waals surface area contributed by atoms with Gasteiger partial charge in [0.1, 0.15) is 17.8 Å². The smallest absolute Gasteiger partial charge is 0.186 e. The number of thiazole rings is 1. The van der Waals surface area contributed by atoms with E-state index in [1.165, 1.54) is 6.33 Å². The second-order valence-electron chi connectivity index (χ2n) is 6.64. The third kappa shape index (κ3) is 3.57. The van der Waals surface area contributed by atoms with Crippen LogP contribution in [0.5, 0.6) is 0 Å². The molecular weight excluding hydrogens is 452 g/mol. The van der Waals surface area contributed by atoms with Crippen LogP contribution in [0.4, 0.5) is 10.9 Å². The van der Waals surface area contributed by atoms with Gasteiger partial charge in [0.2, 0.25) is 0 Å². The molecule has 0 radical (unpaired) electrons. The van der Waals surface area contributed by atoms with Crippen LogP contribution in [-0.4, -0.2) is 46.2 Å². The zero-order valence-corrected chi connectivity index (χ0v) is 17.8. The standard InChI is InChI=1S/C20H17BrN6OS/c21-13-3-1-2-12(8-13)14-9-15(25-19-17(14)18(22)23-11-24-19)16-10-29-20(26-16)27-4-6-28-7-5-27/h1-3,8-11H,4-7H2,(H2,22,23,24,25). The molecular formula is C20H17BrN6OS. The first kappa shape index (κ1) is 18.4. The Morgan fingerprint density at radius 2 is 1.93 bits per heavy atom. The Bertz CT molecular complexity index is 1190. The van der Waals surface area contributed by atoms with Crippen LogP contribution in [0.25, 0.3) is 33.5 Å². The molecule has 146 valence electrons. The van der Waals surface area contributed by atoms with E-state index >= 15 is 0 Å². The fourth-order valence-electron chi connectivity index (χ4n) is 3.38. The lowest BCUT2D eigenvalue weighted by atomic mass is 10.0. The maximum absolute atomic E-state index is 6.19. The molecule has 7 nitrogen and oxygen atoms in total. The van der Waals surface area contributed by atoms with Crippen molar-refractivity contribution in [3.05, 3.63) is 46.5 Å². The van der Waals surface area contributed by atoms with Crippen molar-refractivity contribution in [2.45, 2.75) is 0 Å². The quantitative estimate of drug-likeness (QED) is 0.485. The highest BCUT2D eigenvalue weighted by atomic mass is 79.9. The summed E-state index contributed by atoms with van der Waals surface area (Å²) in [6.45, 7) is 3.16. The molecule has 0 atom stereocenters. The minimum Gasteiger partial charge on any atom is -0.383 e. The number of nitrogens with zero attached hydrogens (tertiary/aromatic N) is 5. The summed E-state index contributed by atoms with van der Waals surface area (Å²) >= 11 is 5.17. The number of fused-ring (bicyclic) bond motifs is 1. The average Bonchev–Trinajstić information content (AvgIpc) is 3.24. The minimum atomic E-state index is 0.413. The van der Waals surface area contributed by atoms with Gasteiger partial charge in [0.05, 0.1) is 24.3 Å². The van der Waals surface area contributed by atoms with E-state index in [9.17, 15) is 0 Å². The van der Waals surface area contributed by atoms with Crippen molar-refractivity contribution >= 4 is 49.2 Å². The first-order valence-electron chi connectivity index (χ1n) is 9.15. The Kier molecular flexibility index (Phi) is 4.86. The number of nitrogen functional groups attached to an aromatic ring is 1. The summed E-state index contributed by atoms with van der Waals surface area (Å²) in [5.74, 6) is 0.413. The number of hydrogen-bond acceptors (Lipinski definition) is 8. The minimum absolute atomic E-state index is 0.413. The van der Waals surface area contributed by atoms with Gasteiger partial charge in [-0.25, -0.2) is 19.9 Å². The molecule has 1 fully saturated rings. The van der Waals surface area contributed by atoms with Crippen LogP contribution in [0.15, 0.2) is 46.5 Å². The molecule has 0 aliphatic carbocycles. The summed E-state index contributed by atoms with van der Waals surface area (Å²) in [7, 11) is 0. The van der Waals surface area contributed by atoms with E-state index in [1.807, 2.05) is 35.7 Å². The third-order valence-electron chi connectivity index (χ3n) is 4.81. The Labute approximate surface area is 179 Å². The molecule has 9 heteroatoms. The van der Waals surface area contributed by atoms with Gasteiger partial charge in [0, 0.05) is 22.9 Å². The molecule has 4 heterocycles. The maximum atomic E-state index is 6.19. The predicted octanol–water partition coefficient (Wildman–Crippen LogP) is 4.00. The SMILES string of the molecule is Nc1ncnc2nc(-c3csc(N4CCOCC4)n3)cc(-c3cccc(Br)c3)c12. The third-order valence-corrected chi connectivity index (χ3v) is 6.20. The van der Waals surface area contributed by atoms with Crippen molar-refractivity contribution in [2.24, 2.45) is 0 Å². The molecule has 0 bridgehead atoms. The molecule has 1 saturated heterocycles. The Balaban J connectivity index is 1.65. The van der Waals surface area contributed by atoms with Gasteiger partial charge in [0.25, 0.3) is 0 Å². The molecule has 1 aliphatic heterocycles. The number of pyridine rings is 1. The van der Waals surface area contributed by atoms with Crippen LogP contribution in [0.1, 0.15) is 0 Å². The van der Waals surface area contributed by atoms with Gasteiger partial charge in [-0.15, -0.1) is 11.3 Å². The summed E-state index contributed by atoms with van der Waals surface area (Å²) in [5.41, 5.74) is 10.3. The van der Waals surface area contributed by atoms with Crippen molar-refractivity contribution in [3.63, 3.8) is 0 Å². The van der Waals surface area contributed by atoms with Crippen LogP contribution in [0.3, 0.4) is 0 Å². The number of anilines is 2. The van der Waals surface area contributed by atoms with Crippen LogP contribution in [-0.2, 0) is 4.74 Å². The Morgan fingerprint density at radius 3 is 2.76 bits per heavy atom. The lowest BCUT2D eigenvalue weighted by molar-refractivity contribution is 0.122. The van der Waals surface area contributed by atoms with E-state index in [4.69, 9.17) is 20.4 Å². The number of halogens is 1. The van der Waals surface area contributed by atoms with Crippen LogP contribution < -0.4 is 10.6 Å². The summed E-state index contributed by atoms with van der Waals surface area (Å²) in [5, 5.41) is 3.77. The fourth-order valence-corrected chi connectivity index (χ4v) is 4.66. The van der Waals surface area contributed by atoms with Gasteiger partial charge >= 0.3 is 0 Å². The molecule has 0 unspecified atom stereocenters. The maximum Gasteiger partial charge on any atom is 0.186 e. The van der Waals surface area contributed by atoms with Crippen molar-refractivity contribution in [1.82, 2.24) is 19.9 Å². The van der Waals surface area contributed by atoms with Gasteiger partial charge in [-0.1, -0.05) is 28.1 Å². The van der Waals surface area contributed by atoms with E-state index in [0.29, 0.717) is 11.5 Å². The molecule has 2 N–H and O–H groups in total. The second kappa shape index (κ2) is 7.66. The largest absolute Gasteiger partial charge is 0.383 e. The van der Waals surface area contributed by atoms with Crippen molar-refractivity contribution in [3.8, 4) is 22.5 Å². The topological polar surface area (TPSA) is 90.0 Å². The number of ether oxygens (including phenoxy) is 1. The van der Waals surface area contributed by atoms with Crippen LogP contribution in [0, 0.1) is 0 Å². The molecule has 3 aromatic heterocycles. The van der Waals surface area contributed by atoms with E-state index in [-0.39, 0.29) is 0 Å². The summed E-state index contributed by atoms with van der Waals surface area (Å²) in [6, 6.07) is 10.1. The molecule has 29 heavy (non-hydrogen) atoms. The molecule has 1 aromatic carbocycles. The molecule has 0 saturated carbocycles. The normalized spacial score (nSPS) is 14.4. The highest BCUT2D eigenvalue weighted by molar-refractivity contribution is 9.10.